The van der Waals surface area contributed by atoms with Gasteiger partial charge in [-0.05, 0) is 31.5 Å². The molecule has 0 aliphatic carbocycles. The molecule has 0 amide bonds. The van der Waals surface area contributed by atoms with Crippen LogP contribution in [0.15, 0.2) is 24.4 Å². The van der Waals surface area contributed by atoms with Gasteiger partial charge in [-0.25, -0.2) is 0 Å². The van der Waals surface area contributed by atoms with Gasteiger partial charge in [0, 0.05) is 28.3 Å². The second-order valence-corrected chi connectivity index (χ2v) is 4.23. The molecular formula is C11H15N3. The fourth-order valence-electron chi connectivity index (χ4n) is 1.68. The van der Waals surface area contributed by atoms with Crippen LogP contribution in [0.3, 0.4) is 0 Å². The van der Waals surface area contributed by atoms with E-state index in [1.165, 1.54) is 0 Å². The summed E-state index contributed by atoms with van der Waals surface area (Å²) >= 11 is 0. The first kappa shape index (κ1) is 9.09. The molecule has 0 bridgehead atoms. The van der Waals surface area contributed by atoms with Gasteiger partial charge in [-0.2, -0.15) is 0 Å². The van der Waals surface area contributed by atoms with Gasteiger partial charge in [0.15, 0.2) is 0 Å². The van der Waals surface area contributed by atoms with Crippen LogP contribution in [0.25, 0.3) is 10.9 Å². The van der Waals surface area contributed by atoms with Crippen molar-refractivity contribution in [3.8, 4) is 0 Å². The van der Waals surface area contributed by atoms with Crippen molar-refractivity contribution in [1.82, 2.24) is 4.98 Å². The number of anilines is 1. The predicted molar refractivity (Wildman–Crippen MR) is 59.9 cm³/mol. The number of aromatic nitrogens is 1. The number of rotatable bonds is 1. The highest BCUT2D eigenvalue weighted by molar-refractivity contribution is 5.86. The molecule has 74 valence electrons. The van der Waals surface area contributed by atoms with Crippen LogP contribution >= 0.6 is 0 Å². The Hall–Kier alpha value is -1.48. The highest BCUT2D eigenvalue weighted by atomic mass is 14.8. The average molecular weight is 189 g/mol. The second kappa shape index (κ2) is 2.75. The van der Waals surface area contributed by atoms with E-state index in [2.05, 4.69) is 4.98 Å². The van der Waals surface area contributed by atoms with E-state index in [1.807, 2.05) is 38.2 Å². The smallest absolute Gasteiger partial charge is 0.0478 e. The lowest BCUT2D eigenvalue weighted by Gasteiger charge is -2.17. The zero-order valence-electron chi connectivity index (χ0n) is 8.46. The van der Waals surface area contributed by atoms with Crippen LogP contribution in [-0.4, -0.2) is 4.98 Å². The van der Waals surface area contributed by atoms with Crippen molar-refractivity contribution in [3.63, 3.8) is 0 Å². The highest BCUT2D eigenvalue weighted by Gasteiger charge is 2.18. The minimum absolute atomic E-state index is 0.325. The summed E-state index contributed by atoms with van der Waals surface area (Å²) in [5, 5.41) is 1.15. The molecule has 0 saturated heterocycles. The Morgan fingerprint density at radius 3 is 2.64 bits per heavy atom. The van der Waals surface area contributed by atoms with E-state index in [1.54, 1.807) is 0 Å². The first-order chi connectivity index (χ1) is 6.48. The minimum atomic E-state index is -0.325. The number of benzene rings is 1. The first-order valence-corrected chi connectivity index (χ1v) is 4.64. The molecule has 0 unspecified atom stereocenters. The predicted octanol–water partition coefficient (Wildman–Crippen LogP) is 1.94. The number of fused-ring (bicyclic) bond motifs is 1. The standard InChI is InChI=1S/C11H15N3/c1-11(2,13)9-6-14-10-5-7(12)3-4-8(9)10/h3-6,14H,12-13H2,1-2H3. The monoisotopic (exact) mass is 189 g/mol. The van der Waals surface area contributed by atoms with Gasteiger partial charge in [0.05, 0.1) is 0 Å². The Morgan fingerprint density at radius 1 is 1.29 bits per heavy atom. The molecule has 1 aromatic heterocycles. The Labute approximate surface area is 83.1 Å². The van der Waals surface area contributed by atoms with E-state index in [4.69, 9.17) is 11.5 Å². The zero-order valence-corrected chi connectivity index (χ0v) is 8.46. The number of nitrogens with one attached hydrogen (secondary N) is 1. The van der Waals surface area contributed by atoms with Crippen molar-refractivity contribution < 1.29 is 0 Å². The van der Waals surface area contributed by atoms with Crippen LogP contribution in [-0.2, 0) is 5.54 Å². The summed E-state index contributed by atoms with van der Waals surface area (Å²) in [7, 11) is 0. The first-order valence-electron chi connectivity index (χ1n) is 4.64. The maximum absolute atomic E-state index is 6.05. The van der Waals surface area contributed by atoms with Crippen molar-refractivity contribution in [3.05, 3.63) is 30.0 Å². The number of nitrogens with two attached hydrogens (primary N) is 2. The maximum Gasteiger partial charge on any atom is 0.0478 e. The number of hydrogen-bond acceptors (Lipinski definition) is 2. The van der Waals surface area contributed by atoms with Crippen LogP contribution in [0.2, 0.25) is 0 Å². The lowest BCUT2D eigenvalue weighted by atomic mass is 9.95. The number of H-pyrrole nitrogens is 1. The Bertz CT molecular complexity index is 463. The van der Waals surface area contributed by atoms with Crippen LogP contribution in [0.4, 0.5) is 5.69 Å². The maximum atomic E-state index is 6.05. The molecule has 1 heterocycles. The number of nitrogen functional groups attached to an aromatic ring is 1. The molecule has 14 heavy (non-hydrogen) atoms. The van der Waals surface area contributed by atoms with E-state index < -0.39 is 0 Å². The number of aromatic amines is 1. The summed E-state index contributed by atoms with van der Waals surface area (Å²) in [6, 6.07) is 5.82. The molecule has 0 spiro atoms. The lowest BCUT2D eigenvalue weighted by Crippen LogP contribution is -2.28. The fraction of sp³-hybridized carbons (Fsp3) is 0.273. The molecule has 2 aromatic rings. The van der Waals surface area contributed by atoms with E-state index in [9.17, 15) is 0 Å². The fourth-order valence-corrected chi connectivity index (χ4v) is 1.68. The molecule has 2 rings (SSSR count). The molecule has 1 aromatic carbocycles. The highest BCUT2D eigenvalue weighted by Crippen LogP contribution is 2.27. The Morgan fingerprint density at radius 2 is 2.00 bits per heavy atom. The average Bonchev–Trinajstić information content (AvgIpc) is 2.45. The molecular weight excluding hydrogens is 174 g/mol. The molecule has 0 radical (unpaired) electrons. The van der Waals surface area contributed by atoms with E-state index in [0.29, 0.717) is 0 Å². The minimum Gasteiger partial charge on any atom is -0.399 e. The molecule has 5 N–H and O–H groups in total. The van der Waals surface area contributed by atoms with E-state index in [-0.39, 0.29) is 5.54 Å². The topological polar surface area (TPSA) is 67.8 Å². The normalized spacial score (nSPS) is 12.2. The van der Waals surface area contributed by atoms with Gasteiger partial charge in [-0.3, -0.25) is 0 Å². The van der Waals surface area contributed by atoms with Crippen molar-refractivity contribution in [2.75, 3.05) is 5.73 Å². The van der Waals surface area contributed by atoms with Gasteiger partial charge in [0.25, 0.3) is 0 Å². The number of hydrogen-bond donors (Lipinski definition) is 3. The molecule has 3 heteroatoms. The summed E-state index contributed by atoms with van der Waals surface area (Å²) in [4.78, 5) is 3.18. The second-order valence-electron chi connectivity index (χ2n) is 4.23. The summed E-state index contributed by atoms with van der Waals surface area (Å²) in [6.45, 7) is 3.98. The van der Waals surface area contributed by atoms with Crippen LogP contribution in [0, 0.1) is 0 Å². The lowest BCUT2D eigenvalue weighted by molar-refractivity contribution is 0.559. The van der Waals surface area contributed by atoms with Crippen molar-refractivity contribution in [2.45, 2.75) is 19.4 Å². The van der Waals surface area contributed by atoms with E-state index >= 15 is 0 Å². The molecule has 3 nitrogen and oxygen atoms in total. The van der Waals surface area contributed by atoms with Crippen molar-refractivity contribution >= 4 is 16.6 Å². The summed E-state index contributed by atoms with van der Waals surface area (Å²) in [5.41, 5.74) is 14.3. The summed E-state index contributed by atoms with van der Waals surface area (Å²) < 4.78 is 0. The summed E-state index contributed by atoms with van der Waals surface area (Å²) in [6.07, 6.45) is 1.95. The quantitative estimate of drug-likeness (QED) is 0.600. The molecule has 0 aliphatic heterocycles. The van der Waals surface area contributed by atoms with Gasteiger partial charge in [-0.1, -0.05) is 6.07 Å². The Kier molecular flexibility index (Phi) is 1.79. The third-order valence-corrected chi connectivity index (χ3v) is 2.40. The molecule has 0 saturated carbocycles. The third-order valence-electron chi connectivity index (χ3n) is 2.40. The SMILES string of the molecule is CC(C)(N)c1c[nH]c2cc(N)ccc12. The summed E-state index contributed by atoms with van der Waals surface area (Å²) in [5.74, 6) is 0. The van der Waals surface area contributed by atoms with Crippen molar-refractivity contribution in [1.29, 1.82) is 0 Å². The molecule has 0 fully saturated rings. The van der Waals surface area contributed by atoms with Crippen LogP contribution in [0.1, 0.15) is 19.4 Å². The van der Waals surface area contributed by atoms with Crippen LogP contribution < -0.4 is 11.5 Å². The Balaban J connectivity index is 2.70. The van der Waals surface area contributed by atoms with Crippen LogP contribution in [0.5, 0.6) is 0 Å². The molecule has 0 aliphatic rings. The van der Waals surface area contributed by atoms with Gasteiger partial charge in [0.1, 0.15) is 0 Å². The zero-order chi connectivity index (χ0) is 10.3. The molecule has 0 atom stereocenters. The van der Waals surface area contributed by atoms with Gasteiger partial charge < -0.3 is 16.5 Å². The third kappa shape index (κ3) is 1.36. The van der Waals surface area contributed by atoms with Gasteiger partial charge in [0.2, 0.25) is 0 Å². The van der Waals surface area contributed by atoms with Gasteiger partial charge in [-0.15, -0.1) is 0 Å². The van der Waals surface area contributed by atoms with Gasteiger partial charge >= 0.3 is 0 Å². The van der Waals surface area contributed by atoms with Crippen molar-refractivity contribution in [2.24, 2.45) is 5.73 Å². The van der Waals surface area contributed by atoms with E-state index in [0.717, 1.165) is 22.2 Å². The largest absolute Gasteiger partial charge is 0.399 e.